The van der Waals surface area contributed by atoms with Crippen LogP contribution in [0, 0.1) is 0 Å². The largest absolute Gasteiger partial charge is 0.497 e. The van der Waals surface area contributed by atoms with Gasteiger partial charge in [-0.1, -0.05) is 11.6 Å². The lowest BCUT2D eigenvalue weighted by atomic mass is 10.1. The molecular formula is C19H19ClO5. The fourth-order valence-electron chi connectivity index (χ4n) is 2.26. The molecule has 0 aliphatic heterocycles. The minimum absolute atomic E-state index is 0.251. The number of methoxy groups -OCH3 is 4. The molecule has 0 radical (unpaired) electrons. The molecule has 2 aromatic carbocycles. The standard InChI is InChI=1S/C19H19ClO5/c1-22-13-7-5-12(17(9-13)23-2)6-8-16(21)14-10-15(20)19(25-4)11-18(14)24-3/h5-11H,1-4H3/b8-6+. The Morgan fingerprint density at radius 3 is 2.16 bits per heavy atom. The second kappa shape index (κ2) is 8.44. The van der Waals surface area contributed by atoms with Crippen molar-refractivity contribution in [3.63, 3.8) is 0 Å². The predicted molar refractivity (Wildman–Crippen MR) is 97.5 cm³/mol. The van der Waals surface area contributed by atoms with Crippen LogP contribution in [0.3, 0.4) is 0 Å². The molecule has 0 N–H and O–H groups in total. The smallest absolute Gasteiger partial charge is 0.189 e. The van der Waals surface area contributed by atoms with E-state index in [0.29, 0.717) is 33.6 Å². The van der Waals surface area contributed by atoms with Crippen molar-refractivity contribution >= 4 is 23.5 Å². The molecule has 0 saturated carbocycles. The number of ketones is 1. The number of rotatable bonds is 7. The number of allylic oxidation sites excluding steroid dienone is 1. The Hall–Kier alpha value is -2.66. The minimum atomic E-state index is -0.251. The van der Waals surface area contributed by atoms with Crippen LogP contribution in [0.5, 0.6) is 23.0 Å². The maximum Gasteiger partial charge on any atom is 0.189 e. The first-order valence-corrected chi connectivity index (χ1v) is 7.77. The lowest BCUT2D eigenvalue weighted by Crippen LogP contribution is -2.00. The number of carbonyl (C=O) groups is 1. The molecule has 2 aromatic rings. The zero-order valence-corrected chi connectivity index (χ0v) is 15.2. The van der Waals surface area contributed by atoms with Gasteiger partial charge in [-0.2, -0.15) is 0 Å². The fourth-order valence-corrected chi connectivity index (χ4v) is 2.50. The highest BCUT2D eigenvalue weighted by Crippen LogP contribution is 2.33. The third kappa shape index (κ3) is 4.25. The van der Waals surface area contributed by atoms with Gasteiger partial charge in [0.25, 0.3) is 0 Å². The molecule has 2 rings (SSSR count). The van der Waals surface area contributed by atoms with E-state index in [0.717, 1.165) is 5.56 Å². The van der Waals surface area contributed by atoms with Crippen molar-refractivity contribution < 1.29 is 23.7 Å². The molecule has 0 atom stereocenters. The summed E-state index contributed by atoms with van der Waals surface area (Å²) >= 11 is 6.11. The maximum absolute atomic E-state index is 12.5. The molecule has 0 aliphatic rings. The van der Waals surface area contributed by atoms with E-state index in [2.05, 4.69) is 0 Å². The van der Waals surface area contributed by atoms with E-state index < -0.39 is 0 Å². The number of carbonyl (C=O) groups excluding carboxylic acids is 1. The zero-order chi connectivity index (χ0) is 18.4. The molecule has 0 fully saturated rings. The van der Waals surface area contributed by atoms with Crippen molar-refractivity contribution in [3.05, 3.63) is 52.6 Å². The van der Waals surface area contributed by atoms with Crippen molar-refractivity contribution in [2.45, 2.75) is 0 Å². The van der Waals surface area contributed by atoms with Crippen LogP contribution in [-0.2, 0) is 0 Å². The van der Waals surface area contributed by atoms with Gasteiger partial charge in [-0.05, 0) is 30.4 Å². The average Bonchev–Trinajstić information content (AvgIpc) is 2.65. The molecule has 0 aromatic heterocycles. The van der Waals surface area contributed by atoms with Crippen LogP contribution < -0.4 is 18.9 Å². The Balaban J connectivity index is 2.34. The second-order valence-electron chi connectivity index (χ2n) is 4.99. The molecule has 6 heteroatoms. The summed E-state index contributed by atoms with van der Waals surface area (Å²) in [5.74, 6) is 1.85. The molecule has 25 heavy (non-hydrogen) atoms. The molecule has 132 valence electrons. The quantitative estimate of drug-likeness (QED) is 0.544. The highest BCUT2D eigenvalue weighted by Gasteiger charge is 2.14. The normalized spacial score (nSPS) is 10.6. The number of benzene rings is 2. The lowest BCUT2D eigenvalue weighted by Gasteiger charge is -2.10. The zero-order valence-electron chi connectivity index (χ0n) is 14.5. The molecule has 0 unspecified atom stereocenters. The van der Waals surface area contributed by atoms with Gasteiger partial charge in [0.1, 0.15) is 23.0 Å². The van der Waals surface area contributed by atoms with Crippen LogP contribution in [-0.4, -0.2) is 34.2 Å². The van der Waals surface area contributed by atoms with Gasteiger partial charge in [0, 0.05) is 17.7 Å². The summed E-state index contributed by atoms with van der Waals surface area (Å²) in [6.07, 6.45) is 3.10. The van der Waals surface area contributed by atoms with Gasteiger partial charge < -0.3 is 18.9 Å². The van der Waals surface area contributed by atoms with Gasteiger partial charge in [0.15, 0.2) is 5.78 Å². The summed E-state index contributed by atoms with van der Waals surface area (Å²) in [5, 5.41) is 0.335. The Morgan fingerprint density at radius 2 is 1.56 bits per heavy atom. The van der Waals surface area contributed by atoms with E-state index in [4.69, 9.17) is 30.5 Å². The van der Waals surface area contributed by atoms with Crippen LogP contribution in [0.25, 0.3) is 6.08 Å². The van der Waals surface area contributed by atoms with Crippen LogP contribution in [0.4, 0.5) is 0 Å². The first-order chi connectivity index (χ1) is 12.0. The van der Waals surface area contributed by atoms with Gasteiger partial charge in [0.2, 0.25) is 0 Å². The number of halogens is 1. The van der Waals surface area contributed by atoms with Crippen LogP contribution in [0.2, 0.25) is 5.02 Å². The van der Waals surface area contributed by atoms with Gasteiger partial charge in [0.05, 0.1) is 39.0 Å². The lowest BCUT2D eigenvalue weighted by molar-refractivity contribution is 0.104. The van der Waals surface area contributed by atoms with Crippen LogP contribution in [0.1, 0.15) is 15.9 Å². The molecule has 0 aliphatic carbocycles. The molecule has 0 amide bonds. The molecule has 0 spiro atoms. The summed E-state index contributed by atoms with van der Waals surface area (Å²) in [7, 11) is 6.11. The van der Waals surface area contributed by atoms with E-state index in [-0.39, 0.29) is 5.78 Å². The summed E-state index contributed by atoms with van der Waals surface area (Å²) in [6, 6.07) is 8.45. The molecule has 0 bridgehead atoms. The molecular weight excluding hydrogens is 344 g/mol. The van der Waals surface area contributed by atoms with E-state index in [1.165, 1.54) is 26.4 Å². The van der Waals surface area contributed by atoms with Crippen LogP contribution in [0.15, 0.2) is 36.4 Å². The third-order valence-electron chi connectivity index (χ3n) is 3.59. The Bertz CT molecular complexity index is 799. The summed E-state index contributed by atoms with van der Waals surface area (Å²) < 4.78 is 20.9. The number of hydrogen-bond acceptors (Lipinski definition) is 5. The molecule has 0 heterocycles. The van der Waals surface area contributed by atoms with Gasteiger partial charge in [-0.3, -0.25) is 4.79 Å². The van der Waals surface area contributed by atoms with Crippen molar-refractivity contribution in [2.24, 2.45) is 0 Å². The second-order valence-corrected chi connectivity index (χ2v) is 5.40. The summed E-state index contributed by atoms with van der Waals surface area (Å²) in [5.41, 5.74) is 1.09. The Kier molecular flexibility index (Phi) is 6.31. The highest BCUT2D eigenvalue weighted by atomic mass is 35.5. The molecule has 5 nitrogen and oxygen atoms in total. The van der Waals surface area contributed by atoms with Crippen molar-refractivity contribution in [1.82, 2.24) is 0 Å². The van der Waals surface area contributed by atoms with Crippen molar-refractivity contribution in [3.8, 4) is 23.0 Å². The fraction of sp³-hybridized carbons (Fsp3) is 0.211. The minimum Gasteiger partial charge on any atom is -0.497 e. The average molecular weight is 363 g/mol. The Morgan fingerprint density at radius 1 is 0.880 bits per heavy atom. The first kappa shape index (κ1) is 18.7. The number of hydrogen-bond donors (Lipinski definition) is 0. The SMILES string of the molecule is COc1ccc(/C=C/C(=O)c2cc(Cl)c(OC)cc2OC)c(OC)c1. The van der Waals surface area contributed by atoms with E-state index in [1.54, 1.807) is 44.6 Å². The third-order valence-corrected chi connectivity index (χ3v) is 3.89. The monoisotopic (exact) mass is 362 g/mol. The van der Waals surface area contributed by atoms with Crippen molar-refractivity contribution in [2.75, 3.05) is 28.4 Å². The number of ether oxygens (including phenoxy) is 4. The molecule has 0 saturated heterocycles. The first-order valence-electron chi connectivity index (χ1n) is 7.40. The van der Waals surface area contributed by atoms with Crippen LogP contribution >= 0.6 is 11.6 Å². The predicted octanol–water partition coefficient (Wildman–Crippen LogP) is 4.27. The van der Waals surface area contributed by atoms with Gasteiger partial charge in [-0.15, -0.1) is 0 Å². The van der Waals surface area contributed by atoms with Gasteiger partial charge in [-0.25, -0.2) is 0 Å². The highest BCUT2D eigenvalue weighted by molar-refractivity contribution is 6.32. The summed E-state index contributed by atoms with van der Waals surface area (Å²) in [4.78, 5) is 12.5. The van der Waals surface area contributed by atoms with E-state index in [9.17, 15) is 4.79 Å². The van der Waals surface area contributed by atoms with Gasteiger partial charge >= 0.3 is 0 Å². The topological polar surface area (TPSA) is 54.0 Å². The van der Waals surface area contributed by atoms with E-state index in [1.807, 2.05) is 0 Å². The Labute approximate surface area is 151 Å². The maximum atomic E-state index is 12.5. The van der Waals surface area contributed by atoms with Crippen molar-refractivity contribution in [1.29, 1.82) is 0 Å². The summed E-state index contributed by atoms with van der Waals surface area (Å²) in [6.45, 7) is 0. The van der Waals surface area contributed by atoms with E-state index >= 15 is 0 Å².